The molecule has 1 atom stereocenters. The van der Waals surface area contributed by atoms with Crippen LogP contribution >= 0.6 is 0 Å². The van der Waals surface area contributed by atoms with Gasteiger partial charge in [0.25, 0.3) is 0 Å². The molecule has 0 aliphatic carbocycles. The molecule has 0 saturated carbocycles. The number of nitrogens with one attached hydrogen (secondary N) is 2. The van der Waals surface area contributed by atoms with Crippen LogP contribution in [-0.2, 0) is 4.74 Å². The van der Waals surface area contributed by atoms with Gasteiger partial charge in [-0.2, -0.15) is 0 Å². The summed E-state index contributed by atoms with van der Waals surface area (Å²) in [7, 11) is 0. The summed E-state index contributed by atoms with van der Waals surface area (Å²) < 4.78 is 5.07. The molecule has 0 amide bonds. The molecule has 2 rings (SSSR count). The summed E-state index contributed by atoms with van der Waals surface area (Å²) in [5, 5.41) is 3.21. The third-order valence-corrected chi connectivity index (χ3v) is 3.96. The predicted octanol–water partition coefficient (Wildman–Crippen LogP) is 3.80. The van der Waals surface area contributed by atoms with Crippen LogP contribution in [0.25, 0.3) is 0 Å². The van der Waals surface area contributed by atoms with E-state index in [1.807, 2.05) is 38.1 Å². The molecule has 0 saturated heterocycles. The van der Waals surface area contributed by atoms with Gasteiger partial charge in [-0.1, -0.05) is 12.1 Å². The zero-order valence-electron chi connectivity index (χ0n) is 14.8. The number of H-pyrrole nitrogens is 1. The smallest absolute Gasteiger partial charge is 0.340 e. The fourth-order valence-electron chi connectivity index (χ4n) is 2.77. The maximum atomic E-state index is 12.8. The van der Waals surface area contributed by atoms with Crippen molar-refractivity contribution < 1.29 is 14.3 Å². The SMILES string of the molecule is CCOC(=O)c1c(C)[nH]c(C(=O)C(C)Nc2cccc(C)c2)c1C. The molecule has 0 aliphatic rings. The maximum absolute atomic E-state index is 12.8. The van der Waals surface area contributed by atoms with Crippen molar-refractivity contribution in [3.05, 3.63) is 52.3 Å². The lowest BCUT2D eigenvalue weighted by Gasteiger charge is -2.14. The number of rotatable bonds is 6. The van der Waals surface area contributed by atoms with Gasteiger partial charge in [0.15, 0.2) is 0 Å². The van der Waals surface area contributed by atoms with E-state index in [1.54, 1.807) is 20.8 Å². The fraction of sp³-hybridized carbons (Fsp3) is 0.368. The third kappa shape index (κ3) is 3.67. The van der Waals surface area contributed by atoms with Gasteiger partial charge in [-0.3, -0.25) is 4.79 Å². The highest BCUT2D eigenvalue weighted by Gasteiger charge is 2.25. The largest absolute Gasteiger partial charge is 0.462 e. The van der Waals surface area contributed by atoms with Gasteiger partial charge in [-0.25, -0.2) is 4.79 Å². The molecule has 5 nitrogen and oxygen atoms in total. The van der Waals surface area contributed by atoms with Crippen molar-refractivity contribution in [1.29, 1.82) is 0 Å². The molecule has 5 heteroatoms. The molecule has 0 radical (unpaired) electrons. The average Bonchev–Trinajstić information content (AvgIpc) is 2.81. The minimum atomic E-state index is -0.418. The summed E-state index contributed by atoms with van der Waals surface area (Å²) in [5.41, 5.74) is 4.19. The number of aromatic amines is 1. The Morgan fingerprint density at radius 1 is 1.25 bits per heavy atom. The summed E-state index contributed by atoms with van der Waals surface area (Å²) in [4.78, 5) is 27.8. The van der Waals surface area contributed by atoms with Crippen LogP contribution in [0.3, 0.4) is 0 Å². The van der Waals surface area contributed by atoms with E-state index in [2.05, 4.69) is 10.3 Å². The van der Waals surface area contributed by atoms with Crippen molar-refractivity contribution >= 4 is 17.4 Å². The Kier molecular flexibility index (Phi) is 5.44. The maximum Gasteiger partial charge on any atom is 0.340 e. The standard InChI is InChI=1S/C19H24N2O3/c1-6-24-19(23)16-12(3)17(21-13(16)4)18(22)14(5)20-15-9-7-8-11(2)10-15/h7-10,14,20-21H,6H2,1-5H3. The van der Waals surface area contributed by atoms with Crippen molar-refractivity contribution in [3.63, 3.8) is 0 Å². The van der Waals surface area contributed by atoms with E-state index in [0.717, 1.165) is 11.3 Å². The summed E-state index contributed by atoms with van der Waals surface area (Å²) in [6.07, 6.45) is 0. The summed E-state index contributed by atoms with van der Waals surface area (Å²) in [6.45, 7) is 9.41. The van der Waals surface area contributed by atoms with Crippen molar-refractivity contribution in [2.45, 2.75) is 40.7 Å². The topological polar surface area (TPSA) is 71.2 Å². The summed E-state index contributed by atoms with van der Waals surface area (Å²) >= 11 is 0. The van der Waals surface area contributed by atoms with Crippen molar-refractivity contribution in [2.24, 2.45) is 0 Å². The van der Waals surface area contributed by atoms with E-state index in [4.69, 9.17) is 4.74 Å². The number of aromatic nitrogens is 1. The highest BCUT2D eigenvalue weighted by Crippen LogP contribution is 2.21. The number of esters is 1. The monoisotopic (exact) mass is 328 g/mol. The lowest BCUT2D eigenvalue weighted by Crippen LogP contribution is -2.27. The first kappa shape index (κ1) is 17.8. The molecular formula is C19H24N2O3. The van der Waals surface area contributed by atoms with Crippen molar-refractivity contribution in [3.8, 4) is 0 Å². The van der Waals surface area contributed by atoms with Gasteiger partial charge >= 0.3 is 5.97 Å². The Labute approximate surface area is 142 Å². The number of anilines is 1. The van der Waals surface area contributed by atoms with Crippen LogP contribution in [-0.4, -0.2) is 29.4 Å². The minimum absolute atomic E-state index is 0.0901. The van der Waals surface area contributed by atoms with Crippen LogP contribution < -0.4 is 5.32 Å². The molecule has 1 heterocycles. The number of benzene rings is 1. The van der Waals surface area contributed by atoms with E-state index in [9.17, 15) is 9.59 Å². The van der Waals surface area contributed by atoms with E-state index in [0.29, 0.717) is 29.1 Å². The molecule has 2 N–H and O–H groups in total. The lowest BCUT2D eigenvalue weighted by molar-refractivity contribution is 0.0525. The lowest BCUT2D eigenvalue weighted by atomic mass is 10.0. The number of ketones is 1. The van der Waals surface area contributed by atoms with Gasteiger partial charge in [-0.05, 0) is 57.9 Å². The van der Waals surface area contributed by atoms with Crippen LogP contribution in [0.1, 0.15) is 51.5 Å². The van der Waals surface area contributed by atoms with Gasteiger partial charge in [0.05, 0.1) is 23.9 Å². The van der Waals surface area contributed by atoms with Crippen LogP contribution in [0.5, 0.6) is 0 Å². The second kappa shape index (κ2) is 7.34. The molecule has 0 spiro atoms. The number of hydrogen-bond acceptors (Lipinski definition) is 4. The van der Waals surface area contributed by atoms with Gasteiger partial charge in [-0.15, -0.1) is 0 Å². The highest BCUT2D eigenvalue weighted by molar-refractivity contribution is 6.04. The zero-order chi connectivity index (χ0) is 17.9. The first-order chi connectivity index (χ1) is 11.3. The van der Waals surface area contributed by atoms with Gasteiger partial charge in [0.2, 0.25) is 5.78 Å². The van der Waals surface area contributed by atoms with Gasteiger partial charge < -0.3 is 15.0 Å². The zero-order valence-corrected chi connectivity index (χ0v) is 14.8. The fourth-order valence-corrected chi connectivity index (χ4v) is 2.77. The number of carbonyl (C=O) groups is 2. The molecule has 1 aromatic heterocycles. The molecule has 128 valence electrons. The Morgan fingerprint density at radius 3 is 2.58 bits per heavy atom. The van der Waals surface area contributed by atoms with Gasteiger partial charge in [0, 0.05) is 11.4 Å². The minimum Gasteiger partial charge on any atom is -0.462 e. The molecule has 1 aromatic carbocycles. The Morgan fingerprint density at radius 2 is 1.96 bits per heavy atom. The summed E-state index contributed by atoms with van der Waals surface area (Å²) in [6, 6.07) is 7.44. The number of aryl methyl sites for hydroxylation is 2. The highest BCUT2D eigenvalue weighted by atomic mass is 16.5. The Hall–Kier alpha value is -2.56. The first-order valence-corrected chi connectivity index (χ1v) is 8.08. The quantitative estimate of drug-likeness (QED) is 0.625. The van der Waals surface area contributed by atoms with Crippen LogP contribution in [0.4, 0.5) is 5.69 Å². The second-order valence-electron chi connectivity index (χ2n) is 5.95. The number of hydrogen-bond donors (Lipinski definition) is 2. The number of Topliss-reactive ketones (excluding diaryl/α,β-unsaturated/α-hetero) is 1. The molecule has 0 bridgehead atoms. The molecule has 1 unspecified atom stereocenters. The van der Waals surface area contributed by atoms with E-state index >= 15 is 0 Å². The molecule has 0 fully saturated rings. The number of carbonyl (C=O) groups excluding carboxylic acids is 2. The van der Waals surface area contributed by atoms with E-state index in [1.165, 1.54) is 0 Å². The second-order valence-corrected chi connectivity index (χ2v) is 5.95. The molecule has 24 heavy (non-hydrogen) atoms. The molecule has 0 aliphatic heterocycles. The van der Waals surface area contributed by atoms with E-state index in [-0.39, 0.29) is 5.78 Å². The normalized spacial score (nSPS) is 11.9. The predicted molar refractivity (Wildman–Crippen MR) is 94.8 cm³/mol. The van der Waals surface area contributed by atoms with Crippen LogP contribution in [0.2, 0.25) is 0 Å². The van der Waals surface area contributed by atoms with E-state index < -0.39 is 12.0 Å². The first-order valence-electron chi connectivity index (χ1n) is 8.08. The number of ether oxygens (including phenoxy) is 1. The molecule has 2 aromatic rings. The Balaban J connectivity index is 2.23. The average molecular weight is 328 g/mol. The Bertz CT molecular complexity index is 762. The van der Waals surface area contributed by atoms with Crippen LogP contribution in [0, 0.1) is 20.8 Å². The van der Waals surface area contributed by atoms with Crippen molar-refractivity contribution in [2.75, 3.05) is 11.9 Å². The van der Waals surface area contributed by atoms with Gasteiger partial charge in [0.1, 0.15) is 0 Å². The van der Waals surface area contributed by atoms with Crippen molar-refractivity contribution in [1.82, 2.24) is 4.98 Å². The third-order valence-electron chi connectivity index (χ3n) is 3.96. The van der Waals surface area contributed by atoms with Crippen LogP contribution in [0.15, 0.2) is 24.3 Å². The molecular weight excluding hydrogens is 304 g/mol. The summed E-state index contributed by atoms with van der Waals surface area (Å²) in [5.74, 6) is -0.491.